The van der Waals surface area contributed by atoms with Crippen LogP contribution in [-0.4, -0.2) is 22.8 Å². The Hall–Kier alpha value is -3.09. The van der Waals surface area contributed by atoms with Crippen molar-refractivity contribution in [3.63, 3.8) is 0 Å². The second-order valence-electron chi connectivity index (χ2n) is 4.70. The van der Waals surface area contributed by atoms with Crippen molar-refractivity contribution < 1.29 is 9.59 Å². The quantitative estimate of drug-likeness (QED) is 0.588. The van der Waals surface area contributed by atoms with E-state index in [9.17, 15) is 9.59 Å². The van der Waals surface area contributed by atoms with E-state index in [2.05, 4.69) is 16.0 Å². The van der Waals surface area contributed by atoms with Crippen LogP contribution in [0.4, 0.5) is 4.79 Å². The maximum atomic E-state index is 12.2. The van der Waals surface area contributed by atoms with Gasteiger partial charge in [-0.05, 0) is 32.0 Å². The third kappa shape index (κ3) is 3.51. The van der Waals surface area contributed by atoms with Gasteiger partial charge in [0, 0.05) is 22.5 Å². The number of aryl methyl sites for hydroxylation is 1. The van der Waals surface area contributed by atoms with Crippen LogP contribution in [0.2, 0.25) is 0 Å². The van der Waals surface area contributed by atoms with Crippen LogP contribution in [0, 0.1) is 13.8 Å². The monoisotopic (exact) mass is 299 g/mol. The molecule has 0 aliphatic carbocycles. The Labute approximate surface area is 127 Å². The SMILES string of the molecule is Cc1cc(/C=N\NC(N)=O)c(C)n1NC(=O)c1ccccc1. The highest BCUT2D eigenvalue weighted by Gasteiger charge is 2.11. The number of aromatic nitrogens is 1. The number of carbonyl (C=O) groups is 2. The van der Waals surface area contributed by atoms with E-state index in [1.54, 1.807) is 28.9 Å². The van der Waals surface area contributed by atoms with Crippen LogP contribution in [0.15, 0.2) is 41.5 Å². The van der Waals surface area contributed by atoms with Gasteiger partial charge in [0.1, 0.15) is 0 Å². The minimum Gasteiger partial charge on any atom is -0.350 e. The van der Waals surface area contributed by atoms with Gasteiger partial charge in [0.05, 0.1) is 6.21 Å². The zero-order valence-electron chi connectivity index (χ0n) is 12.3. The van der Waals surface area contributed by atoms with Gasteiger partial charge in [0.15, 0.2) is 0 Å². The lowest BCUT2D eigenvalue weighted by molar-refractivity contribution is 0.101. The van der Waals surface area contributed by atoms with Gasteiger partial charge in [-0.2, -0.15) is 5.10 Å². The van der Waals surface area contributed by atoms with Gasteiger partial charge in [-0.1, -0.05) is 18.2 Å². The summed E-state index contributed by atoms with van der Waals surface area (Å²) in [6, 6.07) is 10.0. The topological polar surface area (TPSA) is 102 Å². The smallest absolute Gasteiger partial charge is 0.332 e. The predicted molar refractivity (Wildman–Crippen MR) is 84.4 cm³/mol. The lowest BCUT2D eigenvalue weighted by atomic mass is 10.2. The molecule has 114 valence electrons. The van der Waals surface area contributed by atoms with Gasteiger partial charge in [0.25, 0.3) is 5.91 Å². The minimum atomic E-state index is -0.734. The molecule has 1 aromatic heterocycles. The highest BCUT2D eigenvalue weighted by atomic mass is 16.2. The molecule has 0 aliphatic heterocycles. The highest BCUT2D eigenvalue weighted by molar-refractivity contribution is 6.00. The number of carbonyl (C=O) groups excluding carboxylic acids is 2. The molecule has 0 spiro atoms. The van der Waals surface area contributed by atoms with E-state index in [1.165, 1.54) is 6.21 Å². The molecule has 0 saturated carbocycles. The van der Waals surface area contributed by atoms with Crippen molar-refractivity contribution in [1.82, 2.24) is 10.1 Å². The van der Waals surface area contributed by atoms with E-state index in [-0.39, 0.29) is 5.91 Å². The Kier molecular flexibility index (Phi) is 4.57. The molecule has 2 aromatic rings. The normalized spacial score (nSPS) is 10.6. The van der Waals surface area contributed by atoms with Gasteiger partial charge in [-0.3, -0.25) is 14.9 Å². The van der Waals surface area contributed by atoms with E-state index in [4.69, 9.17) is 5.73 Å². The molecule has 7 heteroatoms. The number of primary amides is 1. The van der Waals surface area contributed by atoms with E-state index in [1.807, 2.05) is 26.0 Å². The molecule has 0 saturated heterocycles. The molecule has 0 radical (unpaired) electrons. The second kappa shape index (κ2) is 6.57. The molecule has 0 fully saturated rings. The first-order valence-electron chi connectivity index (χ1n) is 6.63. The van der Waals surface area contributed by atoms with Crippen molar-refractivity contribution in [3.8, 4) is 0 Å². The number of hydrogen-bond acceptors (Lipinski definition) is 3. The predicted octanol–water partition coefficient (Wildman–Crippen LogP) is 1.49. The van der Waals surface area contributed by atoms with Crippen LogP contribution < -0.4 is 16.6 Å². The standard InChI is InChI=1S/C15H17N5O2/c1-10-8-13(9-17-18-15(16)22)11(2)20(10)19-14(21)12-6-4-3-5-7-12/h3-9H,1-2H3,(H,19,21)(H3,16,18,22)/b17-9-. The fourth-order valence-corrected chi connectivity index (χ4v) is 2.01. The van der Waals surface area contributed by atoms with Crippen molar-refractivity contribution in [2.75, 3.05) is 5.43 Å². The molecule has 3 amide bonds. The fraction of sp³-hybridized carbons (Fsp3) is 0.133. The molecule has 2 rings (SSSR count). The number of rotatable bonds is 4. The molecule has 7 nitrogen and oxygen atoms in total. The molecule has 22 heavy (non-hydrogen) atoms. The van der Waals surface area contributed by atoms with Gasteiger partial charge in [0.2, 0.25) is 0 Å². The first-order chi connectivity index (χ1) is 10.5. The lowest BCUT2D eigenvalue weighted by Crippen LogP contribution is -2.25. The van der Waals surface area contributed by atoms with E-state index < -0.39 is 6.03 Å². The first kappa shape index (κ1) is 15.3. The van der Waals surface area contributed by atoms with Crippen LogP contribution in [0.5, 0.6) is 0 Å². The highest BCUT2D eigenvalue weighted by Crippen LogP contribution is 2.12. The molecule has 0 atom stereocenters. The molecular weight excluding hydrogens is 282 g/mol. The van der Waals surface area contributed by atoms with Crippen LogP contribution in [-0.2, 0) is 0 Å². The van der Waals surface area contributed by atoms with Crippen LogP contribution in [0.1, 0.15) is 27.3 Å². The third-order valence-electron chi connectivity index (χ3n) is 3.10. The van der Waals surface area contributed by atoms with E-state index in [0.29, 0.717) is 5.56 Å². The summed E-state index contributed by atoms with van der Waals surface area (Å²) in [4.78, 5) is 22.8. The number of hydrogen-bond donors (Lipinski definition) is 3. The number of benzene rings is 1. The molecular formula is C15H17N5O2. The number of amides is 3. The average Bonchev–Trinajstić information content (AvgIpc) is 2.75. The molecule has 0 aliphatic rings. The maximum absolute atomic E-state index is 12.2. The van der Waals surface area contributed by atoms with Crippen LogP contribution in [0.3, 0.4) is 0 Å². The van der Waals surface area contributed by atoms with Crippen molar-refractivity contribution in [2.24, 2.45) is 10.8 Å². The van der Waals surface area contributed by atoms with Gasteiger partial charge < -0.3 is 5.73 Å². The average molecular weight is 299 g/mol. The molecule has 0 unspecified atom stereocenters. The number of urea groups is 1. The largest absolute Gasteiger partial charge is 0.350 e. The summed E-state index contributed by atoms with van der Waals surface area (Å²) < 4.78 is 1.67. The summed E-state index contributed by atoms with van der Waals surface area (Å²) in [5, 5.41) is 3.72. The van der Waals surface area contributed by atoms with Crippen LogP contribution >= 0.6 is 0 Å². The van der Waals surface area contributed by atoms with Crippen molar-refractivity contribution in [2.45, 2.75) is 13.8 Å². The lowest BCUT2D eigenvalue weighted by Gasteiger charge is -2.11. The van der Waals surface area contributed by atoms with Crippen LogP contribution in [0.25, 0.3) is 0 Å². The summed E-state index contributed by atoms with van der Waals surface area (Å²) in [5.74, 6) is -0.207. The third-order valence-corrected chi connectivity index (χ3v) is 3.10. The maximum Gasteiger partial charge on any atom is 0.332 e. The number of hydrazone groups is 1. The van der Waals surface area contributed by atoms with Crippen molar-refractivity contribution in [1.29, 1.82) is 0 Å². The minimum absolute atomic E-state index is 0.207. The summed E-state index contributed by atoms with van der Waals surface area (Å²) >= 11 is 0. The Morgan fingerprint density at radius 3 is 2.55 bits per heavy atom. The Morgan fingerprint density at radius 1 is 1.23 bits per heavy atom. The van der Waals surface area contributed by atoms with Gasteiger partial charge in [-0.25, -0.2) is 10.2 Å². The summed E-state index contributed by atoms with van der Waals surface area (Å²) in [6.45, 7) is 3.70. The number of nitrogens with two attached hydrogens (primary N) is 1. The van der Waals surface area contributed by atoms with E-state index >= 15 is 0 Å². The molecule has 4 N–H and O–H groups in total. The van der Waals surface area contributed by atoms with Crippen molar-refractivity contribution >= 4 is 18.2 Å². The molecule has 0 bridgehead atoms. The van der Waals surface area contributed by atoms with Gasteiger partial charge >= 0.3 is 6.03 Å². The zero-order chi connectivity index (χ0) is 16.1. The Balaban J connectivity index is 2.18. The Bertz CT molecular complexity index is 719. The second-order valence-corrected chi connectivity index (χ2v) is 4.70. The summed E-state index contributed by atoms with van der Waals surface area (Å²) in [5.41, 5.74) is 12.8. The molecule has 1 heterocycles. The van der Waals surface area contributed by atoms with Crippen molar-refractivity contribution in [3.05, 3.63) is 58.9 Å². The number of nitrogens with zero attached hydrogens (tertiary/aromatic N) is 2. The summed E-state index contributed by atoms with van der Waals surface area (Å²) in [6.07, 6.45) is 1.47. The zero-order valence-corrected chi connectivity index (χ0v) is 12.3. The number of nitrogens with one attached hydrogen (secondary N) is 2. The summed E-state index contributed by atoms with van der Waals surface area (Å²) in [7, 11) is 0. The van der Waals surface area contributed by atoms with Gasteiger partial charge in [-0.15, -0.1) is 0 Å². The fourth-order valence-electron chi connectivity index (χ4n) is 2.01. The molecule has 1 aromatic carbocycles. The first-order valence-corrected chi connectivity index (χ1v) is 6.63. The van der Waals surface area contributed by atoms with E-state index in [0.717, 1.165) is 17.0 Å². The Morgan fingerprint density at radius 2 is 1.91 bits per heavy atom.